The third-order valence-electron chi connectivity index (χ3n) is 5.18. The van der Waals surface area contributed by atoms with Crippen LogP contribution in [0.15, 0.2) is 48.5 Å². The molecule has 4 heteroatoms. The first-order valence-corrected chi connectivity index (χ1v) is 8.64. The summed E-state index contributed by atoms with van der Waals surface area (Å²) in [5, 5.41) is 16.7. The molecule has 0 spiro atoms. The predicted molar refractivity (Wildman–Crippen MR) is 100.0 cm³/mol. The summed E-state index contributed by atoms with van der Waals surface area (Å²) < 4.78 is 0. The van der Waals surface area contributed by atoms with Crippen molar-refractivity contribution in [3.8, 4) is 5.75 Å². The lowest BCUT2D eigenvalue weighted by atomic mass is 9.93. The van der Waals surface area contributed by atoms with Crippen molar-refractivity contribution in [3.05, 3.63) is 71.0 Å². The van der Waals surface area contributed by atoms with Crippen LogP contribution in [0.1, 0.15) is 28.6 Å². The van der Waals surface area contributed by atoms with Gasteiger partial charge in [0.1, 0.15) is 11.3 Å². The predicted octanol–water partition coefficient (Wildman–Crippen LogP) is 3.97. The van der Waals surface area contributed by atoms with E-state index in [1.54, 1.807) is 0 Å². The molecule has 0 amide bonds. The molecule has 3 N–H and O–H groups in total. The molecule has 4 aromatic rings. The third kappa shape index (κ3) is 2.14. The van der Waals surface area contributed by atoms with Crippen LogP contribution in [0.25, 0.3) is 21.8 Å². The maximum absolute atomic E-state index is 10.9. The fourth-order valence-electron chi connectivity index (χ4n) is 3.97. The van der Waals surface area contributed by atoms with Gasteiger partial charge < -0.3 is 15.4 Å². The van der Waals surface area contributed by atoms with Crippen LogP contribution in [-0.2, 0) is 6.42 Å². The summed E-state index contributed by atoms with van der Waals surface area (Å²) in [5.74, 6) is 0.269. The van der Waals surface area contributed by atoms with Crippen LogP contribution in [0.2, 0.25) is 0 Å². The smallest absolute Gasteiger partial charge is 0.146 e. The summed E-state index contributed by atoms with van der Waals surface area (Å²) in [6.07, 6.45) is 0.988. The Hall–Kier alpha value is -2.85. The molecule has 2 aromatic carbocycles. The molecule has 5 rings (SSSR count). The fourth-order valence-corrected chi connectivity index (χ4v) is 3.97. The number of pyridine rings is 1. The van der Waals surface area contributed by atoms with Crippen LogP contribution in [0, 0.1) is 6.92 Å². The molecule has 0 saturated heterocycles. The van der Waals surface area contributed by atoms with Crippen LogP contribution >= 0.6 is 0 Å². The average molecular weight is 329 g/mol. The molecule has 0 radical (unpaired) electrons. The second-order valence-electron chi connectivity index (χ2n) is 6.73. The lowest BCUT2D eigenvalue weighted by Gasteiger charge is -2.25. The molecule has 1 atom stereocenters. The number of phenols is 1. The van der Waals surface area contributed by atoms with Crippen LogP contribution in [0.3, 0.4) is 0 Å². The minimum Gasteiger partial charge on any atom is -0.505 e. The Morgan fingerprint density at radius 1 is 1.08 bits per heavy atom. The highest BCUT2D eigenvalue weighted by molar-refractivity contribution is 5.88. The van der Waals surface area contributed by atoms with Crippen molar-refractivity contribution in [2.75, 3.05) is 6.54 Å². The normalized spacial score (nSPS) is 17.1. The summed E-state index contributed by atoms with van der Waals surface area (Å²) in [6.45, 7) is 2.83. The zero-order valence-electron chi connectivity index (χ0n) is 14.0. The number of aromatic nitrogens is 2. The van der Waals surface area contributed by atoms with Crippen LogP contribution in [0.5, 0.6) is 5.75 Å². The molecule has 1 aliphatic rings. The maximum atomic E-state index is 10.9. The number of phenolic OH excluding ortho intramolecular Hbond substituents is 1. The van der Waals surface area contributed by atoms with Crippen molar-refractivity contribution in [2.45, 2.75) is 19.4 Å². The molecule has 0 saturated carbocycles. The van der Waals surface area contributed by atoms with E-state index in [9.17, 15) is 5.11 Å². The van der Waals surface area contributed by atoms with E-state index < -0.39 is 0 Å². The molecule has 2 aromatic heterocycles. The molecule has 0 aliphatic carbocycles. The van der Waals surface area contributed by atoms with Crippen LogP contribution < -0.4 is 5.32 Å². The van der Waals surface area contributed by atoms with E-state index in [0.717, 1.165) is 40.8 Å². The molecule has 0 bridgehead atoms. The number of benzene rings is 2. The molecule has 124 valence electrons. The van der Waals surface area contributed by atoms with E-state index in [-0.39, 0.29) is 11.8 Å². The standard InChI is InChI=1S/C21H19N3O/c1-12-6-7-13-8-9-16(21(25)18(13)23-12)19-20-15(10-11-22-19)14-4-2-3-5-17(14)24-20/h2-9,19,22,24-25H,10-11H2,1H3. The number of aryl methyl sites for hydroxylation is 1. The molecular formula is C21H19N3O. The number of hydrogen-bond acceptors (Lipinski definition) is 3. The van der Waals surface area contributed by atoms with E-state index in [2.05, 4.69) is 33.5 Å². The van der Waals surface area contributed by atoms with E-state index >= 15 is 0 Å². The van der Waals surface area contributed by atoms with Gasteiger partial charge in [0.15, 0.2) is 0 Å². The summed E-state index contributed by atoms with van der Waals surface area (Å²) in [7, 11) is 0. The molecule has 1 aliphatic heterocycles. The van der Waals surface area contributed by atoms with Gasteiger partial charge in [-0.15, -0.1) is 0 Å². The van der Waals surface area contributed by atoms with E-state index in [1.165, 1.54) is 10.9 Å². The zero-order chi connectivity index (χ0) is 17.0. The molecule has 4 nitrogen and oxygen atoms in total. The van der Waals surface area contributed by atoms with Gasteiger partial charge in [0.25, 0.3) is 0 Å². The highest BCUT2D eigenvalue weighted by Crippen LogP contribution is 2.38. The lowest BCUT2D eigenvalue weighted by Crippen LogP contribution is -2.30. The number of aromatic hydroxyl groups is 1. The topological polar surface area (TPSA) is 60.9 Å². The van der Waals surface area contributed by atoms with Gasteiger partial charge in [-0.1, -0.05) is 36.4 Å². The lowest BCUT2D eigenvalue weighted by molar-refractivity contribution is 0.457. The van der Waals surface area contributed by atoms with Gasteiger partial charge >= 0.3 is 0 Å². The highest BCUT2D eigenvalue weighted by atomic mass is 16.3. The van der Waals surface area contributed by atoms with Crippen molar-refractivity contribution < 1.29 is 5.11 Å². The number of fused-ring (bicyclic) bond motifs is 4. The van der Waals surface area contributed by atoms with Gasteiger partial charge in [-0.2, -0.15) is 0 Å². The molecular weight excluding hydrogens is 310 g/mol. The second kappa shape index (κ2) is 5.33. The molecule has 3 heterocycles. The van der Waals surface area contributed by atoms with Gasteiger partial charge in [-0.25, -0.2) is 4.98 Å². The van der Waals surface area contributed by atoms with Crippen molar-refractivity contribution in [3.63, 3.8) is 0 Å². The van der Waals surface area contributed by atoms with Crippen molar-refractivity contribution in [1.82, 2.24) is 15.3 Å². The van der Waals surface area contributed by atoms with Crippen LogP contribution in [0.4, 0.5) is 0 Å². The van der Waals surface area contributed by atoms with Gasteiger partial charge in [0.2, 0.25) is 0 Å². The summed E-state index contributed by atoms with van der Waals surface area (Å²) in [5.41, 5.74) is 6.09. The Morgan fingerprint density at radius 3 is 2.84 bits per heavy atom. The van der Waals surface area contributed by atoms with Gasteiger partial charge in [-0.3, -0.25) is 0 Å². The van der Waals surface area contributed by atoms with Crippen LogP contribution in [-0.4, -0.2) is 21.6 Å². The number of nitrogens with one attached hydrogen (secondary N) is 2. The Morgan fingerprint density at radius 2 is 1.92 bits per heavy atom. The Bertz CT molecular complexity index is 1110. The SMILES string of the molecule is Cc1ccc2ccc(C3NCCc4c3[nH]c3ccccc43)c(O)c2n1. The van der Waals surface area contributed by atoms with Gasteiger partial charge in [-0.05, 0) is 31.0 Å². The Kier molecular flexibility index (Phi) is 3.09. The minimum absolute atomic E-state index is 0.0529. The Balaban J connectivity index is 1.73. The molecule has 0 fully saturated rings. The monoisotopic (exact) mass is 329 g/mol. The quantitative estimate of drug-likeness (QED) is 0.495. The largest absolute Gasteiger partial charge is 0.505 e. The van der Waals surface area contributed by atoms with Crippen molar-refractivity contribution in [1.29, 1.82) is 0 Å². The fraction of sp³-hybridized carbons (Fsp3) is 0.190. The van der Waals surface area contributed by atoms with Crippen molar-refractivity contribution >= 4 is 21.8 Å². The number of H-pyrrole nitrogens is 1. The molecule has 25 heavy (non-hydrogen) atoms. The molecule has 1 unspecified atom stereocenters. The second-order valence-corrected chi connectivity index (χ2v) is 6.73. The first kappa shape index (κ1) is 14.5. The average Bonchev–Trinajstić information content (AvgIpc) is 3.02. The van der Waals surface area contributed by atoms with E-state index in [0.29, 0.717) is 5.52 Å². The third-order valence-corrected chi connectivity index (χ3v) is 5.18. The number of hydrogen-bond donors (Lipinski definition) is 3. The summed E-state index contributed by atoms with van der Waals surface area (Å²) >= 11 is 0. The maximum Gasteiger partial charge on any atom is 0.146 e. The van der Waals surface area contributed by atoms with E-state index in [4.69, 9.17) is 0 Å². The van der Waals surface area contributed by atoms with E-state index in [1.807, 2.05) is 37.3 Å². The Labute approximate surface area is 145 Å². The number of para-hydroxylation sites is 1. The minimum atomic E-state index is -0.0529. The summed E-state index contributed by atoms with van der Waals surface area (Å²) in [6, 6.07) is 16.4. The number of nitrogens with zero attached hydrogens (tertiary/aromatic N) is 1. The summed E-state index contributed by atoms with van der Waals surface area (Å²) in [4.78, 5) is 8.10. The number of rotatable bonds is 1. The van der Waals surface area contributed by atoms with Crippen molar-refractivity contribution in [2.24, 2.45) is 0 Å². The number of aromatic amines is 1. The first-order valence-electron chi connectivity index (χ1n) is 8.64. The first-order chi connectivity index (χ1) is 12.2. The van der Waals surface area contributed by atoms with Gasteiger partial charge in [0, 0.05) is 39.8 Å². The van der Waals surface area contributed by atoms with Gasteiger partial charge in [0.05, 0.1) is 6.04 Å². The zero-order valence-corrected chi connectivity index (χ0v) is 14.0. The highest BCUT2D eigenvalue weighted by Gasteiger charge is 2.27.